The molecule has 2 aromatic carbocycles. The number of thiocarbonyl (C=S) groups is 1. The number of hydrogen-bond donors (Lipinski definition) is 2. The van der Waals surface area contributed by atoms with E-state index in [1.165, 1.54) is 26.4 Å². The van der Waals surface area contributed by atoms with E-state index in [1.807, 2.05) is 6.92 Å². The Kier molecular flexibility index (Phi) is 7.19. The molecule has 2 rings (SSSR count). The molecule has 0 unspecified atom stereocenters. The SMILES string of the molecule is Cc1ccc(S(=O)(=O)N(C)C)cc1NC(=S)NN=Cc1c(Cl)cccc1Cl. The molecule has 0 aliphatic heterocycles. The Bertz CT molecular complexity index is 972. The van der Waals surface area contributed by atoms with Crippen molar-refractivity contribution in [3.63, 3.8) is 0 Å². The minimum Gasteiger partial charge on any atom is -0.331 e. The summed E-state index contributed by atoms with van der Waals surface area (Å²) in [6.07, 6.45) is 1.46. The normalized spacial score (nSPS) is 11.8. The Balaban J connectivity index is 2.13. The third kappa shape index (κ3) is 5.40. The first kappa shape index (κ1) is 21.6. The van der Waals surface area contributed by atoms with Crippen LogP contribution in [0.4, 0.5) is 5.69 Å². The summed E-state index contributed by atoms with van der Waals surface area (Å²) in [5, 5.41) is 8.07. The molecule has 0 aliphatic rings. The van der Waals surface area contributed by atoms with Gasteiger partial charge in [0.05, 0.1) is 21.2 Å². The second-order valence-corrected chi connectivity index (χ2v) is 9.10. The fraction of sp³-hybridized carbons (Fsp3) is 0.176. The van der Waals surface area contributed by atoms with E-state index in [1.54, 1.807) is 30.3 Å². The van der Waals surface area contributed by atoms with Gasteiger partial charge in [-0.25, -0.2) is 12.7 Å². The Labute approximate surface area is 174 Å². The largest absolute Gasteiger partial charge is 0.331 e. The van der Waals surface area contributed by atoms with E-state index in [-0.39, 0.29) is 10.0 Å². The molecule has 27 heavy (non-hydrogen) atoms. The summed E-state index contributed by atoms with van der Waals surface area (Å²) in [6, 6.07) is 9.90. The average Bonchev–Trinajstić information content (AvgIpc) is 2.59. The monoisotopic (exact) mass is 444 g/mol. The third-order valence-corrected chi connectivity index (χ3v) is 6.26. The molecule has 0 aromatic heterocycles. The number of nitrogens with zero attached hydrogens (tertiary/aromatic N) is 2. The highest BCUT2D eigenvalue weighted by Crippen LogP contribution is 2.23. The third-order valence-electron chi connectivity index (χ3n) is 3.60. The van der Waals surface area contributed by atoms with Gasteiger partial charge in [0.15, 0.2) is 5.11 Å². The number of hydrogen-bond acceptors (Lipinski definition) is 4. The topological polar surface area (TPSA) is 73.8 Å². The van der Waals surface area contributed by atoms with Crippen molar-refractivity contribution in [3.05, 3.63) is 57.6 Å². The van der Waals surface area contributed by atoms with Crippen LogP contribution in [-0.4, -0.2) is 38.1 Å². The zero-order chi connectivity index (χ0) is 20.2. The van der Waals surface area contributed by atoms with Gasteiger partial charge < -0.3 is 5.32 Å². The molecule has 0 atom stereocenters. The maximum atomic E-state index is 12.3. The zero-order valence-corrected chi connectivity index (χ0v) is 18.0. The molecule has 6 nitrogen and oxygen atoms in total. The number of nitrogens with one attached hydrogen (secondary N) is 2. The van der Waals surface area contributed by atoms with Crippen LogP contribution in [-0.2, 0) is 10.0 Å². The standard InChI is InChI=1S/C17H18Cl2N4O2S2/c1-11-7-8-12(27(24,25)23(2)3)9-16(11)21-17(26)22-20-10-13-14(18)5-4-6-15(13)19/h4-10H,1-3H3,(H2,21,22,26). The summed E-state index contributed by atoms with van der Waals surface area (Å²) in [5.74, 6) is 0. The van der Waals surface area contributed by atoms with Crippen LogP contribution in [0.15, 0.2) is 46.4 Å². The molecule has 0 radical (unpaired) electrons. The van der Waals surface area contributed by atoms with Crippen LogP contribution >= 0.6 is 35.4 Å². The number of hydrazone groups is 1. The van der Waals surface area contributed by atoms with Crippen molar-refractivity contribution in [1.82, 2.24) is 9.73 Å². The van der Waals surface area contributed by atoms with Crippen molar-refractivity contribution in [1.29, 1.82) is 0 Å². The van der Waals surface area contributed by atoms with Crippen molar-refractivity contribution >= 4 is 62.5 Å². The number of aryl methyl sites for hydroxylation is 1. The summed E-state index contributed by atoms with van der Waals surface area (Å²) < 4.78 is 25.7. The first-order chi connectivity index (χ1) is 12.6. The minimum absolute atomic E-state index is 0.162. The van der Waals surface area contributed by atoms with E-state index in [0.717, 1.165) is 9.87 Å². The van der Waals surface area contributed by atoms with Crippen molar-refractivity contribution in [3.8, 4) is 0 Å². The zero-order valence-electron chi connectivity index (χ0n) is 14.8. The van der Waals surface area contributed by atoms with Gasteiger partial charge >= 0.3 is 0 Å². The van der Waals surface area contributed by atoms with Crippen molar-refractivity contribution < 1.29 is 8.42 Å². The van der Waals surface area contributed by atoms with Gasteiger partial charge in [-0.05, 0) is 49.0 Å². The Morgan fingerprint density at radius 2 is 1.81 bits per heavy atom. The fourth-order valence-electron chi connectivity index (χ4n) is 2.05. The summed E-state index contributed by atoms with van der Waals surface area (Å²) in [4.78, 5) is 0.162. The molecule has 2 N–H and O–H groups in total. The van der Waals surface area contributed by atoms with Crippen molar-refractivity contribution in [2.75, 3.05) is 19.4 Å². The van der Waals surface area contributed by atoms with Gasteiger partial charge in [-0.15, -0.1) is 0 Å². The summed E-state index contributed by atoms with van der Waals surface area (Å²) in [5.41, 5.74) is 4.60. The minimum atomic E-state index is -3.54. The van der Waals surface area contributed by atoms with Crippen LogP contribution in [0.2, 0.25) is 10.0 Å². The molecule has 0 fully saturated rings. The van der Waals surface area contributed by atoms with Gasteiger partial charge in [0.1, 0.15) is 0 Å². The van der Waals surface area contributed by atoms with Crippen LogP contribution in [0.3, 0.4) is 0 Å². The molecule has 0 saturated heterocycles. The Morgan fingerprint density at radius 3 is 2.41 bits per heavy atom. The molecule has 0 bridgehead atoms. The van der Waals surface area contributed by atoms with Gasteiger partial charge in [-0.2, -0.15) is 5.10 Å². The maximum absolute atomic E-state index is 12.3. The molecule has 2 aromatic rings. The van der Waals surface area contributed by atoms with Gasteiger partial charge in [-0.1, -0.05) is 35.3 Å². The second kappa shape index (κ2) is 8.99. The molecule has 0 spiro atoms. The maximum Gasteiger partial charge on any atom is 0.242 e. The molecule has 0 aliphatic carbocycles. The summed E-state index contributed by atoms with van der Waals surface area (Å²) in [6.45, 7) is 1.84. The quantitative estimate of drug-likeness (QED) is 0.415. The highest BCUT2D eigenvalue weighted by molar-refractivity contribution is 7.89. The fourth-order valence-corrected chi connectivity index (χ4v) is 3.63. The molecule has 0 amide bonds. The van der Waals surface area contributed by atoms with Crippen LogP contribution in [0.1, 0.15) is 11.1 Å². The smallest absolute Gasteiger partial charge is 0.242 e. The van der Waals surface area contributed by atoms with E-state index in [4.69, 9.17) is 35.4 Å². The number of sulfonamides is 1. The number of halogens is 2. The van der Waals surface area contributed by atoms with Gasteiger partial charge in [0.2, 0.25) is 10.0 Å². The molecule has 144 valence electrons. The lowest BCUT2D eigenvalue weighted by Crippen LogP contribution is -2.25. The summed E-state index contributed by atoms with van der Waals surface area (Å²) in [7, 11) is -0.593. The number of rotatable bonds is 5. The highest BCUT2D eigenvalue weighted by atomic mass is 35.5. The Morgan fingerprint density at radius 1 is 1.19 bits per heavy atom. The summed E-state index contributed by atoms with van der Waals surface area (Å²) >= 11 is 17.3. The second-order valence-electron chi connectivity index (χ2n) is 5.72. The van der Waals surface area contributed by atoms with Crippen LogP contribution in [0, 0.1) is 6.92 Å². The number of benzene rings is 2. The van der Waals surface area contributed by atoms with Crippen molar-refractivity contribution in [2.45, 2.75) is 11.8 Å². The molecule has 0 saturated carbocycles. The van der Waals surface area contributed by atoms with Crippen LogP contribution in [0.5, 0.6) is 0 Å². The van der Waals surface area contributed by atoms with Crippen LogP contribution in [0.25, 0.3) is 0 Å². The van der Waals surface area contributed by atoms with Crippen LogP contribution < -0.4 is 10.7 Å². The predicted octanol–water partition coefficient (Wildman–Crippen LogP) is 3.87. The van der Waals surface area contributed by atoms with Crippen molar-refractivity contribution in [2.24, 2.45) is 5.10 Å². The first-order valence-electron chi connectivity index (χ1n) is 7.70. The highest BCUT2D eigenvalue weighted by Gasteiger charge is 2.18. The number of anilines is 1. The first-order valence-corrected chi connectivity index (χ1v) is 10.3. The lowest BCUT2D eigenvalue weighted by Gasteiger charge is -2.15. The average molecular weight is 445 g/mol. The van der Waals surface area contributed by atoms with E-state index < -0.39 is 10.0 Å². The van der Waals surface area contributed by atoms with E-state index in [2.05, 4.69) is 15.8 Å². The van der Waals surface area contributed by atoms with E-state index >= 15 is 0 Å². The lowest BCUT2D eigenvalue weighted by molar-refractivity contribution is 0.521. The molecular weight excluding hydrogens is 427 g/mol. The molecule has 10 heteroatoms. The Hall–Kier alpha value is -1.71. The van der Waals surface area contributed by atoms with E-state index in [9.17, 15) is 8.42 Å². The predicted molar refractivity (Wildman–Crippen MR) is 115 cm³/mol. The van der Waals surface area contributed by atoms with Gasteiger partial charge in [0, 0.05) is 25.3 Å². The molecular formula is C17H18Cl2N4O2S2. The van der Waals surface area contributed by atoms with Gasteiger partial charge in [-0.3, -0.25) is 5.43 Å². The van der Waals surface area contributed by atoms with E-state index in [0.29, 0.717) is 21.3 Å². The molecule has 0 heterocycles. The van der Waals surface area contributed by atoms with Gasteiger partial charge in [0.25, 0.3) is 0 Å². The lowest BCUT2D eigenvalue weighted by atomic mass is 10.2.